The van der Waals surface area contributed by atoms with Gasteiger partial charge in [-0.1, -0.05) is 39.8 Å². The number of amides is 1. The zero-order chi connectivity index (χ0) is 19.3. The molecule has 0 bridgehead atoms. The summed E-state index contributed by atoms with van der Waals surface area (Å²) in [6, 6.07) is 8.17. The molecule has 0 radical (unpaired) electrons. The van der Waals surface area contributed by atoms with Gasteiger partial charge in [0.2, 0.25) is 5.91 Å². The van der Waals surface area contributed by atoms with Crippen LogP contribution in [-0.2, 0) is 21.1 Å². The van der Waals surface area contributed by atoms with E-state index in [-0.39, 0.29) is 22.8 Å². The maximum absolute atomic E-state index is 12.5. The number of piperidine rings is 1. The maximum Gasteiger partial charge on any atom is 0.226 e. The van der Waals surface area contributed by atoms with Crippen molar-refractivity contribution in [3.63, 3.8) is 0 Å². The molecule has 0 aliphatic carbocycles. The van der Waals surface area contributed by atoms with E-state index in [9.17, 15) is 13.2 Å². The van der Waals surface area contributed by atoms with Crippen LogP contribution in [0.15, 0.2) is 29.2 Å². The maximum atomic E-state index is 12.5. The normalized spacial score (nSPS) is 16.5. The average molecular weight is 398 g/mol. The first kappa shape index (κ1) is 21.3. The van der Waals surface area contributed by atoms with Crippen molar-refractivity contribution >= 4 is 27.5 Å². The highest BCUT2D eigenvalue weighted by molar-refractivity contribution is 7.99. The summed E-state index contributed by atoms with van der Waals surface area (Å²) in [4.78, 5) is 15.6. The van der Waals surface area contributed by atoms with Crippen molar-refractivity contribution in [1.82, 2.24) is 4.90 Å². The van der Waals surface area contributed by atoms with E-state index in [1.165, 1.54) is 4.90 Å². The van der Waals surface area contributed by atoms with E-state index in [1.807, 2.05) is 42.6 Å². The van der Waals surface area contributed by atoms with E-state index in [1.54, 1.807) is 0 Å². The van der Waals surface area contributed by atoms with Crippen molar-refractivity contribution in [3.05, 3.63) is 29.8 Å². The molecule has 0 N–H and O–H groups in total. The van der Waals surface area contributed by atoms with E-state index >= 15 is 0 Å². The lowest BCUT2D eigenvalue weighted by atomic mass is 10.1. The van der Waals surface area contributed by atoms with Gasteiger partial charge in [0.1, 0.15) is 0 Å². The second-order valence-electron chi connectivity index (χ2n) is 7.79. The summed E-state index contributed by atoms with van der Waals surface area (Å²) in [6.07, 6.45) is 1.51. The molecule has 1 aliphatic heterocycles. The number of hydrogen-bond acceptors (Lipinski definition) is 4. The summed E-state index contributed by atoms with van der Waals surface area (Å²) in [7, 11) is -3.05. The second kappa shape index (κ2) is 9.27. The molecule has 1 saturated heterocycles. The molecule has 1 aromatic carbocycles. The highest BCUT2D eigenvalue weighted by Gasteiger charge is 2.31. The Kier molecular flexibility index (Phi) is 7.59. The minimum Gasteiger partial charge on any atom is -0.342 e. The van der Waals surface area contributed by atoms with Gasteiger partial charge in [-0.25, -0.2) is 8.42 Å². The minimum absolute atomic E-state index is 0.0916. The number of sulfone groups is 1. The van der Waals surface area contributed by atoms with Crippen LogP contribution in [0.2, 0.25) is 0 Å². The third-order valence-electron chi connectivity index (χ3n) is 4.52. The SMILES string of the molecule is CC(C)CS(=O)(=O)C1CCN(C(=O)Cc2ccc(SC(C)C)cc2)CC1. The predicted octanol–water partition coefficient (Wildman–Crippen LogP) is 3.79. The number of rotatable bonds is 7. The van der Waals surface area contributed by atoms with Crippen LogP contribution in [-0.4, -0.2) is 48.6 Å². The number of thioether (sulfide) groups is 1. The number of carbonyl (C=O) groups excluding carboxylic acids is 1. The molecule has 6 heteroatoms. The number of hydrogen-bond donors (Lipinski definition) is 0. The summed E-state index contributed by atoms with van der Waals surface area (Å²) >= 11 is 1.81. The quantitative estimate of drug-likeness (QED) is 0.657. The number of likely N-dealkylation sites (tertiary alicyclic amines) is 1. The predicted molar refractivity (Wildman–Crippen MR) is 109 cm³/mol. The van der Waals surface area contributed by atoms with E-state index in [0.29, 0.717) is 37.6 Å². The Morgan fingerprint density at radius 1 is 1.12 bits per heavy atom. The standard InChI is InChI=1S/C20H31NO3S2/c1-15(2)14-26(23,24)19-9-11-21(12-10-19)20(22)13-17-5-7-18(8-6-17)25-16(3)4/h5-8,15-16,19H,9-14H2,1-4H3. The van der Waals surface area contributed by atoms with Gasteiger partial charge >= 0.3 is 0 Å². The monoisotopic (exact) mass is 397 g/mol. The lowest BCUT2D eigenvalue weighted by Crippen LogP contribution is -2.43. The summed E-state index contributed by atoms with van der Waals surface area (Å²) in [5.74, 6) is 0.484. The molecule has 1 aliphatic rings. The van der Waals surface area contributed by atoms with Gasteiger partial charge in [-0.3, -0.25) is 4.79 Å². The first-order valence-electron chi connectivity index (χ1n) is 9.42. The first-order valence-corrected chi connectivity index (χ1v) is 12.0. The van der Waals surface area contributed by atoms with Gasteiger partial charge in [-0.2, -0.15) is 0 Å². The Labute approximate surface area is 162 Å². The van der Waals surface area contributed by atoms with Gasteiger partial charge in [0.15, 0.2) is 9.84 Å². The lowest BCUT2D eigenvalue weighted by molar-refractivity contribution is -0.131. The summed E-state index contributed by atoms with van der Waals surface area (Å²) in [6.45, 7) is 9.27. The van der Waals surface area contributed by atoms with Crippen LogP contribution in [0.3, 0.4) is 0 Å². The number of carbonyl (C=O) groups is 1. The van der Waals surface area contributed by atoms with Gasteiger partial charge in [0.25, 0.3) is 0 Å². The van der Waals surface area contributed by atoms with Crippen molar-refractivity contribution in [2.24, 2.45) is 5.92 Å². The largest absolute Gasteiger partial charge is 0.342 e. The molecular formula is C20H31NO3S2. The molecule has 2 rings (SSSR count). The van der Waals surface area contributed by atoms with Gasteiger partial charge in [0.05, 0.1) is 17.4 Å². The summed E-state index contributed by atoms with van der Waals surface area (Å²) in [5.41, 5.74) is 1.01. The van der Waals surface area contributed by atoms with E-state index in [0.717, 1.165) is 5.56 Å². The molecule has 26 heavy (non-hydrogen) atoms. The third kappa shape index (κ3) is 6.31. The number of benzene rings is 1. The van der Waals surface area contributed by atoms with Crippen molar-refractivity contribution in [2.45, 2.75) is 62.4 Å². The molecule has 1 aromatic rings. The zero-order valence-corrected chi connectivity index (χ0v) is 17.9. The van der Waals surface area contributed by atoms with E-state index in [4.69, 9.17) is 0 Å². The molecular weight excluding hydrogens is 366 g/mol. The fourth-order valence-corrected chi connectivity index (χ4v) is 6.28. The van der Waals surface area contributed by atoms with Crippen LogP contribution in [0.5, 0.6) is 0 Å². The lowest BCUT2D eigenvalue weighted by Gasteiger charge is -2.32. The molecule has 1 fully saturated rings. The molecule has 0 atom stereocenters. The summed E-state index contributed by atoms with van der Waals surface area (Å²) < 4.78 is 24.7. The Balaban J connectivity index is 1.86. The second-order valence-corrected chi connectivity index (χ2v) is 11.8. The Morgan fingerprint density at radius 2 is 1.69 bits per heavy atom. The zero-order valence-electron chi connectivity index (χ0n) is 16.3. The Hall–Kier alpha value is -1.01. The van der Waals surface area contributed by atoms with Gasteiger partial charge < -0.3 is 4.90 Å². The van der Waals surface area contributed by atoms with Crippen LogP contribution >= 0.6 is 11.8 Å². The average Bonchev–Trinajstić information content (AvgIpc) is 2.55. The first-order chi connectivity index (χ1) is 12.2. The van der Waals surface area contributed by atoms with E-state index in [2.05, 4.69) is 26.0 Å². The fourth-order valence-electron chi connectivity index (χ4n) is 3.31. The Bertz CT molecular complexity index is 688. The van der Waals surface area contributed by atoms with Crippen LogP contribution in [0.4, 0.5) is 0 Å². The smallest absolute Gasteiger partial charge is 0.226 e. The molecule has 0 unspecified atom stereocenters. The fraction of sp³-hybridized carbons (Fsp3) is 0.650. The van der Waals surface area contributed by atoms with Crippen LogP contribution in [0.1, 0.15) is 46.1 Å². The topological polar surface area (TPSA) is 54.5 Å². The minimum atomic E-state index is -3.05. The highest BCUT2D eigenvalue weighted by Crippen LogP contribution is 2.24. The van der Waals surface area contributed by atoms with Crippen LogP contribution < -0.4 is 0 Å². The van der Waals surface area contributed by atoms with Crippen LogP contribution in [0, 0.1) is 5.92 Å². The van der Waals surface area contributed by atoms with Gasteiger partial charge in [0, 0.05) is 23.2 Å². The van der Waals surface area contributed by atoms with Crippen molar-refractivity contribution in [2.75, 3.05) is 18.8 Å². The molecule has 146 valence electrons. The molecule has 0 saturated carbocycles. The molecule has 4 nitrogen and oxygen atoms in total. The van der Waals surface area contributed by atoms with Crippen molar-refractivity contribution < 1.29 is 13.2 Å². The van der Waals surface area contributed by atoms with Crippen molar-refractivity contribution in [3.8, 4) is 0 Å². The van der Waals surface area contributed by atoms with Gasteiger partial charge in [-0.05, 0) is 36.5 Å². The molecule has 1 heterocycles. The number of nitrogens with zero attached hydrogens (tertiary/aromatic N) is 1. The van der Waals surface area contributed by atoms with Crippen molar-refractivity contribution in [1.29, 1.82) is 0 Å². The Morgan fingerprint density at radius 3 is 2.19 bits per heavy atom. The third-order valence-corrected chi connectivity index (χ3v) is 8.15. The van der Waals surface area contributed by atoms with Crippen LogP contribution in [0.25, 0.3) is 0 Å². The highest BCUT2D eigenvalue weighted by atomic mass is 32.2. The molecule has 0 spiro atoms. The molecule has 0 aromatic heterocycles. The molecule has 1 amide bonds. The summed E-state index contributed by atoms with van der Waals surface area (Å²) in [5, 5.41) is 0.247. The van der Waals surface area contributed by atoms with E-state index < -0.39 is 9.84 Å². The van der Waals surface area contributed by atoms with Gasteiger partial charge in [-0.15, -0.1) is 11.8 Å².